The van der Waals surface area contributed by atoms with Crippen LogP contribution in [0.1, 0.15) is 37.4 Å². The van der Waals surface area contributed by atoms with Crippen LogP contribution in [0.3, 0.4) is 0 Å². The summed E-state index contributed by atoms with van der Waals surface area (Å²) >= 11 is 6.28. The summed E-state index contributed by atoms with van der Waals surface area (Å²) in [5.74, 6) is -0.975. The Morgan fingerprint density at radius 3 is 2.58 bits per heavy atom. The number of ether oxygens (including phenoxy) is 1. The largest absolute Gasteiger partial charge is 0.383 e. The maximum absolute atomic E-state index is 13.1. The second-order valence-electron chi connectivity index (χ2n) is 9.44. The van der Waals surface area contributed by atoms with Crippen molar-refractivity contribution in [3.05, 3.63) is 76.4 Å². The third-order valence-electron chi connectivity index (χ3n) is 6.24. The van der Waals surface area contributed by atoms with Gasteiger partial charge >= 0.3 is 6.03 Å². The van der Waals surface area contributed by atoms with Crippen LogP contribution >= 0.6 is 11.6 Å². The number of hydrogen-bond donors (Lipinski definition) is 2. The van der Waals surface area contributed by atoms with Gasteiger partial charge in [-0.15, -0.1) is 0 Å². The minimum Gasteiger partial charge on any atom is -0.383 e. The van der Waals surface area contributed by atoms with Crippen LogP contribution in [0.5, 0.6) is 0 Å². The van der Waals surface area contributed by atoms with Gasteiger partial charge in [-0.1, -0.05) is 35.9 Å². The van der Waals surface area contributed by atoms with Crippen LogP contribution in [0, 0.1) is 23.0 Å². The monoisotopic (exact) mass is 544 g/mol. The van der Waals surface area contributed by atoms with Crippen molar-refractivity contribution in [2.75, 3.05) is 38.7 Å². The smallest absolute Gasteiger partial charge is 0.317 e. The van der Waals surface area contributed by atoms with Crippen molar-refractivity contribution < 1.29 is 18.3 Å². The van der Waals surface area contributed by atoms with E-state index in [4.69, 9.17) is 22.1 Å². The summed E-state index contributed by atoms with van der Waals surface area (Å²) in [5, 5.41) is 16.3. The molecule has 2 aromatic carbocycles. The summed E-state index contributed by atoms with van der Waals surface area (Å²) in [6.45, 7) is 6.90. The van der Waals surface area contributed by atoms with Gasteiger partial charge in [-0.3, -0.25) is 5.32 Å². The summed E-state index contributed by atoms with van der Waals surface area (Å²) in [6, 6.07) is 14.7. The van der Waals surface area contributed by atoms with E-state index >= 15 is 0 Å². The maximum atomic E-state index is 13.1. The van der Waals surface area contributed by atoms with Crippen molar-refractivity contribution in [3.63, 3.8) is 0 Å². The number of rotatable bonds is 7. The van der Waals surface area contributed by atoms with E-state index in [0.29, 0.717) is 23.9 Å². The predicted molar refractivity (Wildman–Crippen MR) is 142 cm³/mol. The number of anilines is 1. The van der Waals surface area contributed by atoms with Crippen LogP contribution in [0.4, 0.5) is 19.4 Å². The number of urea groups is 1. The molecule has 11 heteroatoms. The molecule has 4 rings (SSSR count). The molecule has 1 aliphatic heterocycles. The van der Waals surface area contributed by atoms with E-state index in [0.717, 1.165) is 31.6 Å². The fraction of sp³-hybridized carbons (Fsp3) is 0.370. The molecule has 38 heavy (non-hydrogen) atoms. The van der Waals surface area contributed by atoms with Crippen molar-refractivity contribution in [2.24, 2.45) is 5.73 Å². The van der Waals surface area contributed by atoms with E-state index < -0.39 is 23.1 Å². The fourth-order valence-corrected chi connectivity index (χ4v) is 4.53. The minimum atomic E-state index is -0.898. The quantitative estimate of drug-likeness (QED) is 0.424. The second kappa shape index (κ2) is 12.8. The first-order chi connectivity index (χ1) is 18.1. The highest BCUT2D eigenvalue weighted by Gasteiger charge is 2.31. The number of halogens is 3. The van der Waals surface area contributed by atoms with Gasteiger partial charge in [-0.2, -0.15) is 10.4 Å². The maximum Gasteiger partial charge on any atom is 0.317 e. The van der Waals surface area contributed by atoms with E-state index in [2.05, 4.69) is 21.4 Å². The number of likely N-dealkylation sites (tertiary alicyclic amines) is 1. The molecule has 1 aromatic heterocycles. The molecule has 202 valence electrons. The van der Waals surface area contributed by atoms with Gasteiger partial charge in [0.05, 0.1) is 23.8 Å². The topological polar surface area (TPSA) is 109 Å². The summed E-state index contributed by atoms with van der Waals surface area (Å²) in [5.41, 5.74) is 6.24. The Balaban J connectivity index is 0.000000215. The molecule has 2 heterocycles. The molecule has 1 aliphatic rings. The highest BCUT2D eigenvalue weighted by molar-refractivity contribution is 6.34. The zero-order valence-electron chi connectivity index (χ0n) is 21.5. The fourth-order valence-electron chi connectivity index (χ4n) is 4.13. The molecule has 0 aliphatic carbocycles. The molecule has 1 atom stereocenters. The molecule has 1 fully saturated rings. The molecule has 8 nitrogen and oxygen atoms in total. The molecule has 1 saturated heterocycles. The molecule has 0 saturated carbocycles. The molecule has 2 amide bonds. The highest BCUT2D eigenvalue weighted by atomic mass is 35.5. The third-order valence-corrected chi connectivity index (χ3v) is 6.60. The number of nitrogens with one attached hydrogen (secondary N) is 1. The lowest BCUT2D eigenvalue weighted by molar-refractivity contribution is 0.160. The summed E-state index contributed by atoms with van der Waals surface area (Å²) in [7, 11) is 1.68. The molecule has 0 spiro atoms. The normalized spacial score (nSPS) is 15.4. The van der Waals surface area contributed by atoms with Gasteiger partial charge in [0.25, 0.3) is 0 Å². The third kappa shape index (κ3) is 7.07. The van der Waals surface area contributed by atoms with Crippen molar-refractivity contribution in [2.45, 2.75) is 31.6 Å². The van der Waals surface area contributed by atoms with E-state index in [1.54, 1.807) is 39.2 Å². The second-order valence-corrected chi connectivity index (χ2v) is 9.82. The number of methoxy groups -OCH3 is 1. The van der Waals surface area contributed by atoms with Crippen LogP contribution in [0.15, 0.2) is 48.5 Å². The Morgan fingerprint density at radius 1 is 1.26 bits per heavy atom. The van der Waals surface area contributed by atoms with Gasteiger partial charge in [-0.25, -0.2) is 18.3 Å². The van der Waals surface area contributed by atoms with E-state index in [1.807, 2.05) is 18.2 Å². The average molecular weight is 545 g/mol. The lowest BCUT2D eigenvalue weighted by atomic mass is 9.91. The molecule has 3 N–H and O–H groups in total. The Bertz CT molecular complexity index is 1290. The SMILES string of the molecule is CC(C)(C#N)c1nn(-c2ccccc2)c(NC(N)=O)c1Cl.COCCN1CCC(c2ccc(F)c(F)c2)C1. The van der Waals surface area contributed by atoms with Crippen LogP contribution in [0.2, 0.25) is 5.02 Å². The number of nitriles is 1. The molecule has 1 unspecified atom stereocenters. The lowest BCUT2D eigenvalue weighted by Gasteiger charge is -2.15. The number of nitrogens with zero attached hydrogens (tertiary/aromatic N) is 4. The van der Waals surface area contributed by atoms with E-state index in [1.165, 1.54) is 16.8 Å². The number of hydrogen-bond acceptors (Lipinski definition) is 5. The summed E-state index contributed by atoms with van der Waals surface area (Å²) in [4.78, 5) is 13.5. The van der Waals surface area contributed by atoms with Crippen molar-refractivity contribution >= 4 is 23.4 Å². The molecular formula is C27H31ClF2N6O2. The van der Waals surface area contributed by atoms with Gasteiger partial charge < -0.3 is 15.4 Å². The van der Waals surface area contributed by atoms with E-state index in [-0.39, 0.29) is 10.8 Å². The van der Waals surface area contributed by atoms with Crippen molar-refractivity contribution in [3.8, 4) is 11.8 Å². The first kappa shape index (κ1) is 29.0. The Kier molecular flexibility index (Phi) is 9.80. The Hall–Kier alpha value is -3.52. The first-order valence-electron chi connectivity index (χ1n) is 12.1. The molecular weight excluding hydrogens is 514 g/mol. The van der Waals surface area contributed by atoms with Crippen molar-refractivity contribution in [1.82, 2.24) is 14.7 Å². The summed E-state index contributed by atoms with van der Waals surface area (Å²) in [6.07, 6.45) is 0.995. The van der Waals surface area contributed by atoms with Gasteiger partial charge in [0, 0.05) is 20.2 Å². The molecule has 0 bridgehead atoms. The average Bonchev–Trinajstić information content (AvgIpc) is 3.50. The van der Waals surface area contributed by atoms with Crippen LogP contribution in [0.25, 0.3) is 5.69 Å². The number of carbonyl (C=O) groups is 1. The Morgan fingerprint density at radius 2 is 1.97 bits per heavy atom. The first-order valence-corrected chi connectivity index (χ1v) is 12.4. The number of primary amides is 1. The van der Waals surface area contributed by atoms with Crippen LogP contribution in [-0.2, 0) is 10.2 Å². The van der Waals surface area contributed by atoms with Crippen LogP contribution < -0.4 is 11.1 Å². The Labute approximate surface area is 225 Å². The number of amides is 2. The zero-order chi connectivity index (χ0) is 27.9. The zero-order valence-corrected chi connectivity index (χ0v) is 22.3. The van der Waals surface area contributed by atoms with Crippen molar-refractivity contribution in [1.29, 1.82) is 5.26 Å². The lowest BCUT2D eigenvalue weighted by Crippen LogP contribution is -2.24. The standard InChI is InChI=1S/C14H14ClN5O.C13H17F2NO/c1-14(2,8-16)11-10(15)12(18-13(17)21)20(19-11)9-6-4-3-5-7-9;1-17-7-6-16-5-4-11(9-16)10-2-3-12(14)13(15)8-10/h3-7H,1-2H3,(H3,17,18,21);2-3,8,11H,4-7,9H2,1H3. The predicted octanol–water partition coefficient (Wildman–Crippen LogP) is 5.22. The number of aromatic nitrogens is 2. The van der Waals surface area contributed by atoms with Crippen LogP contribution in [-0.4, -0.2) is 54.1 Å². The number of nitrogens with two attached hydrogens (primary N) is 1. The van der Waals surface area contributed by atoms with Gasteiger partial charge in [0.15, 0.2) is 17.5 Å². The number of benzene rings is 2. The van der Waals surface area contributed by atoms with Gasteiger partial charge in [-0.05, 0) is 62.6 Å². The number of para-hydroxylation sites is 1. The number of carbonyl (C=O) groups excluding carboxylic acids is 1. The molecule has 0 radical (unpaired) electrons. The van der Waals surface area contributed by atoms with Gasteiger partial charge in [0.1, 0.15) is 10.7 Å². The van der Waals surface area contributed by atoms with E-state index in [9.17, 15) is 18.8 Å². The highest BCUT2D eigenvalue weighted by Crippen LogP contribution is 2.35. The molecule has 3 aromatic rings. The minimum absolute atomic E-state index is 0.198. The van der Waals surface area contributed by atoms with Gasteiger partial charge in [0.2, 0.25) is 0 Å². The summed E-state index contributed by atoms with van der Waals surface area (Å²) < 4.78 is 32.4.